The van der Waals surface area contributed by atoms with Gasteiger partial charge >= 0.3 is 5.97 Å². The van der Waals surface area contributed by atoms with Gasteiger partial charge in [-0.2, -0.15) is 0 Å². The molecule has 0 fully saturated rings. The SMILES string of the molecule is CCCCCCCCCCCCCCCCCCC(=O)OCCCCCCCCCCCCCCC(=O)NC(CO)C(O)CCCCCCCCCCCCCCCCCC. The van der Waals surface area contributed by atoms with E-state index in [0.29, 0.717) is 25.9 Å². The van der Waals surface area contributed by atoms with Crippen LogP contribution in [0.25, 0.3) is 0 Å². The number of hydrogen-bond acceptors (Lipinski definition) is 5. The first-order valence-electron chi connectivity index (χ1n) is 27.8. The lowest BCUT2D eigenvalue weighted by Gasteiger charge is -2.22. The van der Waals surface area contributed by atoms with Crippen molar-refractivity contribution in [3.8, 4) is 0 Å². The maximum absolute atomic E-state index is 12.5. The monoisotopic (exact) mass is 864 g/mol. The third-order valence-electron chi connectivity index (χ3n) is 13.2. The van der Waals surface area contributed by atoms with Crippen LogP contribution >= 0.6 is 0 Å². The lowest BCUT2D eigenvalue weighted by molar-refractivity contribution is -0.143. The van der Waals surface area contributed by atoms with Crippen molar-refractivity contribution in [2.75, 3.05) is 13.2 Å². The summed E-state index contributed by atoms with van der Waals surface area (Å²) in [7, 11) is 0. The van der Waals surface area contributed by atoms with E-state index in [-0.39, 0.29) is 18.5 Å². The van der Waals surface area contributed by atoms with Gasteiger partial charge in [0.05, 0.1) is 25.4 Å². The van der Waals surface area contributed by atoms with E-state index >= 15 is 0 Å². The van der Waals surface area contributed by atoms with Gasteiger partial charge in [0.1, 0.15) is 0 Å². The van der Waals surface area contributed by atoms with Gasteiger partial charge in [-0.15, -0.1) is 0 Å². The van der Waals surface area contributed by atoms with Crippen LogP contribution in [0.4, 0.5) is 0 Å². The Morgan fingerprint density at radius 3 is 1.00 bits per heavy atom. The van der Waals surface area contributed by atoms with Gasteiger partial charge in [0.25, 0.3) is 0 Å². The minimum absolute atomic E-state index is 0.00478. The van der Waals surface area contributed by atoms with Crippen molar-refractivity contribution in [3.63, 3.8) is 0 Å². The van der Waals surface area contributed by atoms with Crippen molar-refractivity contribution in [1.29, 1.82) is 0 Å². The van der Waals surface area contributed by atoms with Gasteiger partial charge in [0, 0.05) is 12.8 Å². The molecule has 0 radical (unpaired) electrons. The van der Waals surface area contributed by atoms with Gasteiger partial charge < -0.3 is 20.3 Å². The largest absolute Gasteiger partial charge is 0.466 e. The van der Waals surface area contributed by atoms with Crippen molar-refractivity contribution >= 4 is 11.9 Å². The van der Waals surface area contributed by atoms with E-state index in [9.17, 15) is 19.8 Å². The fraction of sp³-hybridized carbons (Fsp3) is 0.964. The quantitative estimate of drug-likeness (QED) is 0.0418. The average Bonchev–Trinajstić information content (AvgIpc) is 3.26. The molecule has 0 saturated heterocycles. The number of ether oxygens (including phenoxy) is 1. The minimum atomic E-state index is -0.673. The molecular formula is C55H109NO5. The molecule has 2 unspecified atom stereocenters. The van der Waals surface area contributed by atoms with Crippen molar-refractivity contribution < 1.29 is 24.5 Å². The third-order valence-corrected chi connectivity index (χ3v) is 13.2. The fourth-order valence-electron chi connectivity index (χ4n) is 8.88. The van der Waals surface area contributed by atoms with Crippen molar-refractivity contribution in [1.82, 2.24) is 5.32 Å². The standard InChI is InChI=1S/C55H109NO5/c1-3-5-7-9-11-13-15-17-19-21-23-27-31-35-39-43-47-53(58)52(51-57)56-54(59)48-44-40-36-32-28-25-26-30-34-38-42-46-50-61-55(60)49-45-41-37-33-29-24-22-20-18-16-14-12-10-8-6-4-2/h52-53,57-58H,3-51H2,1-2H3,(H,56,59). The van der Waals surface area contributed by atoms with Crippen molar-refractivity contribution in [2.24, 2.45) is 0 Å². The molecule has 6 heteroatoms. The van der Waals surface area contributed by atoms with E-state index in [4.69, 9.17) is 4.74 Å². The molecule has 2 atom stereocenters. The average molecular weight is 864 g/mol. The molecule has 364 valence electrons. The number of carbonyl (C=O) groups excluding carboxylic acids is 2. The zero-order valence-corrected chi connectivity index (χ0v) is 41.4. The van der Waals surface area contributed by atoms with Crippen LogP contribution in [0.15, 0.2) is 0 Å². The Morgan fingerprint density at radius 1 is 0.393 bits per heavy atom. The number of hydrogen-bond donors (Lipinski definition) is 3. The summed E-state index contributed by atoms with van der Waals surface area (Å²) in [6, 6.07) is -0.551. The molecule has 0 aliphatic heterocycles. The van der Waals surface area contributed by atoms with Gasteiger partial charge in [-0.25, -0.2) is 0 Å². The van der Waals surface area contributed by atoms with Crippen LogP contribution in [0.2, 0.25) is 0 Å². The lowest BCUT2D eigenvalue weighted by atomic mass is 10.0. The minimum Gasteiger partial charge on any atom is -0.466 e. The van der Waals surface area contributed by atoms with Gasteiger partial charge in [-0.1, -0.05) is 277 Å². The summed E-state index contributed by atoms with van der Waals surface area (Å²) >= 11 is 0. The Balaban J connectivity index is 3.43. The number of nitrogens with one attached hydrogen (secondary N) is 1. The predicted octanol–water partition coefficient (Wildman–Crippen LogP) is 16.7. The molecule has 3 N–H and O–H groups in total. The zero-order chi connectivity index (χ0) is 44.4. The molecule has 6 nitrogen and oxygen atoms in total. The normalized spacial score (nSPS) is 12.5. The first kappa shape index (κ1) is 59.9. The molecular weight excluding hydrogens is 755 g/mol. The first-order valence-corrected chi connectivity index (χ1v) is 27.8. The first-order chi connectivity index (χ1) is 30.0. The Labute approximate surface area is 381 Å². The molecule has 0 aromatic carbocycles. The summed E-state index contributed by atoms with van der Waals surface area (Å²) in [5, 5.41) is 23.3. The lowest BCUT2D eigenvalue weighted by Crippen LogP contribution is -2.45. The van der Waals surface area contributed by atoms with E-state index in [0.717, 1.165) is 57.8 Å². The summed E-state index contributed by atoms with van der Waals surface area (Å²) in [5.74, 6) is -0.0522. The molecule has 0 aromatic heterocycles. The van der Waals surface area contributed by atoms with Gasteiger partial charge in [-0.05, 0) is 25.7 Å². The van der Waals surface area contributed by atoms with Crippen LogP contribution in [-0.2, 0) is 14.3 Å². The Hall–Kier alpha value is -1.14. The Morgan fingerprint density at radius 2 is 0.672 bits per heavy atom. The van der Waals surface area contributed by atoms with Crippen LogP contribution in [0, 0.1) is 0 Å². The summed E-state index contributed by atoms with van der Waals surface area (Å²) in [4.78, 5) is 24.5. The van der Waals surface area contributed by atoms with Gasteiger partial charge in [0.2, 0.25) is 5.91 Å². The van der Waals surface area contributed by atoms with Crippen molar-refractivity contribution in [3.05, 3.63) is 0 Å². The summed E-state index contributed by atoms with van der Waals surface area (Å²) < 4.78 is 5.47. The van der Waals surface area contributed by atoms with Crippen LogP contribution in [0.5, 0.6) is 0 Å². The zero-order valence-electron chi connectivity index (χ0n) is 41.4. The molecule has 61 heavy (non-hydrogen) atoms. The molecule has 0 bridgehead atoms. The number of carbonyl (C=O) groups is 2. The topological polar surface area (TPSA) is 95.9 Å². The highest BCUT2D eigenvalue weighted by atomic mass is 16.5. The molecule has 0 rings (SSSR count). The van der Waals surface area contributed by atoms with Crippen LogP contribution < -0.4 is 5.32 Å². The van der Waals surface area contributed by atoms with Crippen molar-refractivity contribution in [2.45, 2.75) is 328 Å². The second-order valence-electron chi connectivity index (χ2n) is 19.3. The van der Waals surface area contributed by atoms with E-state index in [1.165, 1.54) is 225 Å². The summed E-state index contributed by atoms with van der Waals surface area (Å²) in [5.41, 5.74) is 0. The smallest absolute Gasteiger partial charge is 0.305 e. The molecule has 0 heterocycles. The second-order valence-corrected chi connectivity index (χ2v) is 19.3. The number of esters is 1. The van der Waals surface area contributed by atoms with E-state index < -0.39 is 12.1 Å². The highest BCUT2D eigenvalue weighted by Gasteiger charge is 2.20. The molecule has 1 amide bonds. The highest BCUT2D eigenvalue weighted by molar-refractivity contribution is 5.76. The maximum Gasteiger partial charge on any atom is 0.305 e. The van der Waals surface area contributed by atoms with E-state index in [2.05, 4.69) is 19.2 Å². The summed E-state index contributed by atoms with van der Waals surface area (Å²) in [6.07, 6.45) is 57.9. The fourth-order valence-corrected chi connectivity index (χ4v) is 8.88. The number of unbranched alkanes of at least 4 members (excludes halogenated alkanes) is 41. The second kappa shape index (κ2) is 51.5. The number of aliphatic hydroxyl groups is 2. The molecule has 0 aromatic rings. The van der Waals surface area contributed by atoms with E-state index in [1.54, 1.807) is 0 Å². The summed E-state index contributed by atoms with van der Waals surface area (Å²) in [6.45, 7) is 4.95. The highest BCUT2D eigenvalue weighted by Crippen LogP contribution is 2.18. The molecule has 0 aliphatic rings. The van der Waals surface area contributed by atoms with Crippen LogP contribution in [-0.4, -0.2) is 47.4 Å². The molecule has 0 aliphatic carbocycles. The van der Waals surface area contributed by atoms with E-state index in [1.807, 2.05) is 0 Å². The van der Waals surface area contributed by atoms with Crippen LogP contribution in [0.1, 0.15) is 316 Å². The number of amides is 1. The Kier molecular flexibility index (Phi) is 50.5. The predicted molar refractivity (Wildman–Crippen MR) is 264 cm³/mol. The van der Waals surface area contributed by atoms with Crippen LogP contribution in [0.3, 0.4) is 0 Å². The van der Waals surface area contributed by atoms with Gasteiger partial charge in [0.15, 0.2) is 0 Å². The molecule has 0 saturated carbocycles. The third kappa shape index (κ3) is 48.2. The number of rotatable bonds is 52. The Bertz CT molecular complexity index is 867. The molecule has 0 spiro atoms. The van der Waals surface area contributed by atoms with Gasteiger partial charge in [-0.3, -0.25) is 9.59 Å². The maximum atomic E-state index is 12.5. The number of aliphatic hydroxyl groups excluding tert-OH is 2.